The van der Waals surface area contributed by atoms with Gasteiger partial charge in [0.15, 0.2) is 0 Å². The fourth-order valence-electron chi connectivity index (χ4n) is 0.721. The Morgan fingerprint density at radius 1 is 1.62 bits per heavy atom. The summed E-state index contributed by atoms with van der Waals surface area (Å²) in [5.41, 5.74) is 0.438. The maximum atomic E-state index is 10.9. The molecule has 4 heteroatoms. The van der Waals surface area contributed by atoms with E-state index in [0.29, 0.717) is 12.2 Å². The maximum Gasteiger partial charge on any atom is 0.333 e. The molecule has 1 unspecified atom stereocenters. The first-order valence-corrected chi connectivity index (χ1v) is 7.83. The molecule has 0 bridgehead atoms. The molecule has 0 aliphatic carbocycles. The van der Waals surface area contributed by atoms with Gasteiger partial charge in [-0.2, -0.15) is 0 Å². The van der Waals surface area contributed by atoms with Gasteiger partial charge < -0.3 is 4.74 Å². The third-order valence-corrected chi connectivity index (χ3v) is 5.21. The molecule has 0 aromatic carbocycles. The van der Waals surface area contributed by atoms with Crippen LogP contribution >= 0.6 is 11.6 Å². The van der Waals surface area contributed by atoms with E-state index in [4.69, 9.17) is 16.3 Å². The molecule has 0 aliphatic rings. The molecule has 0 aromatic heterocycles. The van der Waals surface area contributed by atoms with Crippen molar-refractivity contribution in [2.24, 2.45) is 0 Å². The van der Waals surface area contributed by atoms with Crippen LogP contribution < -0.4 is 0 Å². The average Bonchev–Trinajstić information content (AvgIpc) is 2.03. The molecular formula is C9H17ClO2Si. The minimum absolute atomic E-state index is 0.206. The normalized spacial score (nSPS) is 12.7. The molecule has 13 heavy (non-hydrogen) atoms. The molecule has 0 rings (SSSR count). The van der Waals surface area contributed by atoms with Crippen molar-refractivity contribution >= 4 is 26.4 Å². The minimum atomic E-state index is -0.801. The zero-order chi connectivity index (χ0) is 10.4. The number of hydrogen-bond acceptors (Lipinski definition) is 2. The number of ether oxygens (including phenoxy) is 1. The topological polar surface area (TPSA) is 26.3 Å². The van der Waals surface area contributed by atoms with Crippen molar-refractivity contribution in [1.82, 2.24) is 0 Å². The number of carbonyl (C=O) groups is 1. The van der Waals surface area contributed by atoms with Gasteiger partial charge in [0.2, 0.25) is 0 Å². The summed E-state index contributed by atoms with van der Waals surface area (Å²) in [5.74, 6) is -0.325. The first-order valence-electron chi connectivity index (χ1n) is 4.41. The summed E-state index contributed by atoms with van der Waals surface area (Å²) < 4.78 is 4.92. The molecule has 0 fully saturated rings. The van der Waals surface area contributed by atoms with Crippen molar-refractivity contribution in [2.75, 3.05) is 6.61 Å². The van der Waals surface area contributed by atoms with Gasteiger partial charge in [-0.3, -0.25) is 0 Å². The molecular weight excluding hydrogens is 204 g/mol. The van der Waals surface area contributed by atoms with Crippen LogP contribution in [-0.4, -0.2) is 26.4 Å². The number of esters is 1. The number of halogens is 1. The molecule has 0 heterocycles. The molecule has 0 saturated carbocycles. The molecule has 0 aliphatic heterocycles. The quantitative estimate of drug-likeness (QED) is 0.307. The van der Waals surface area contributed by atoms with Crippen LogP contribution in [0.15, 0.2) is 12.2 Å². The lowest BCUT2D eigenvalue weighted by molar-refractivity contribution is -0.138. The Balaban J connectivity index is 3.56. The summed E-state index contributed by atoms with van der Waals surface area (Å²) in [6.45, 7) is 9.89. The summed E-state index contributed by atoms with van der Waals surface area (Å²) in [4.78, 5) is 10.9. The molecule has 0 spiro atoms. The van der Waals surface area contributed by atoms with Gasteiger partial charge >= 0.3 is 5.97 Å². The number of rotatable bonds is 5. The second-order valence-electron chi connectivity index (χ2n) is 3.46. The number of alkyl halides is 1. The summed E-state index contributed by atoms with van der Waals surface area (Å²) >= 11 is 6.03. The maximum absolute atomic E-state index is 10.9. The van der Waals surface area contributed by atoms with Crippen molar-refractivity contribution in [2.45, 2.75) is 31.4 Å². The second-order valence-corrected chi connectivity index (χ2v) is 7.74. The van der Waals surface area contributed by atoms with E-state index in [9.17, 15) is 4.79 Å². The zero-order valence-corrected chi connectivity index (χ0v) is 10.4. The highest BCUT2D eigenvalue weighted by Crippen LogP contribution is 2.07. The minimum Gasteiger partial charge on any atom is -0.462 e. The Bertz CT molecular complexity index is 192. The van der Waals surface area contributed by atoms with Crippen LogP contribution in [0.25, 0.3) is 0 Å². The van der Waals surface area contributed by atoms with Gasteiger partial charge in [0.1, 0.15) is 0 Å². The third kappa shape index (κ3) is 5.88. The van der Waals surface area contributed by atoms with Crippen molar-refractivity contribution in [3.63, 3.8) is 0 Å². The summed E-state index contributed by atoms with van der Waals surface area (Å²) in [6.07, 6.45) is 0.754. The standard InChI is InChI=1S/C9H17ClO2Si/c1-7(2)9(11)12-6-5-8(10)13(3)4/h8,13H,1,5-6H2,2-4H3. The van der Waals surface area contributed by atoms with E-state index >= 15 is 0 Å². The van der Waals surface area contributed by atoms with E-state index in [1.54, 1.807) is 6.92 Å². The van der Waals surface area contributed by atoms with Gasteiger partial charge in [0.25, 0.3) is 0 Å². The smallest absolute Gasteiger partial charge is 0.333 e. The Kier molecular flexibility index (Phi) is 6.08. The van der Waals surface area contributed by atoms with Gasteiger partial charge in [-0.25, -0.2) is 4.79 Å². The predicted octanol–water partition coefficient (Wildman–Crippen LogP) is 2.13. The molecule has 0 aromatic rings. The van der Waals surface area contributed by atoms with Crippen LogP contribution in [-0.2, 0) is 9.53 Å². The molecule has 0 radical (unpaired) electrons. The molecule has 0 amide bonds. The summed E-state index contributed by atoms with van der Waals surface area (Å²) in [7, 11) is -0.801. The summed E-state index contributed by atoms with van der Waals surface area (Å²) in [5, 5.41) is 0.206. The zero-order valence-electron chi connectivity index (χ0n) is 8.47. The van der Waals surface area contributed by atoms with Gasteiger partial charge in [0, 0.05) is 10.6 Å². The van der Waals surface area contributed by atoms with Crippen LogP contribution in [0, 0.1) is 0 Å². The van der Waals surface area contributed by atoms with Gasteiger partial charge in [-0.05, 0) is 13.3 Å². The first-order chi connectivity index (χ1) is 5.95. The Morgan fingerprint density at radius 3 is 2.54 bits per heavy atom. The van der Waals surface area contributed by atoms with E-state index < -0.39 is 8.80 Å². The largest absolute Gasteiger partial charge is 0.462 e. The van der Waals surface area contributed by atoms with Crippen LogP contribution in [0.1, 0.15) is 13.3 Å². The van der Waals surface area contributed by atoms with Gasteiger partial charge in [0.05, 0.1) is 15.4 Å². The highest BCUT2D eigenvalue weighted by molar-refractivity contribution is 6.67. The predicted molar refractivity (Wildman–Crippen MR) is 58.9 cm³/mol. The highest BCUT2D eigenvalue weighted by atomic mass is 35.5. The lowest BCUT2D eigenvalue weighted by Crippen LogP contribution is -2.21. The van der Waals surface area contributed by atoms with E-state index in [-0.39, 0.29) is 11.0 Å². The van der Waals surface area contributed by atoms with Crippen LogP contribution in [0.3, 0.4) is 0 Å². The second kappa shape index (κ2) is 6.21. The van der Waals surface area contributed by atoms with E-state index in [1.165, 1.54) is 0 Å². The molecule has 2 nitrogen and oxygen atoms in total. The average molecular weight is 221 g/mol. The molecule has 0 N–H and O–H groups in total. The van der Waals surface area contributed by atoms with E-state index in [2.05, 4.69) is 19.7 Å². The Hall–Kier alpha value is -0.283. The van der Waals surface area contributed by atoms with Crippen molar-refractivity contribution < 1.29 is 9.53 Å². The van der Waals surface area contributed by atoms with Crippen LogP contribution in [0.2, 0.25) is 13.1 Å². The first kappa shape index (κ1) is 12.7. The van der Waals surface area contributed by atoms with Crippen LogP contribution in [0.5, 0.6) is 0 Å². The number of carbonyl (C=O) groups excluding carboxylic acids is 1. The van der Waals surface area contributed by atoms with Gasteiger partial charge in [-0.15, -0.1) is 11.6 Å². The highest BCUT2D eigenvalue weighted by Gasteiger charge is 2.11. The third-order valence-electron chi connectivity index (χ3n) is 1.70. The van der Waals surface area contributed by atoms with Gasteiger partial charge in [-0.1, -0.05) is 19.7 Å². The van der Waals surface area contributed by atoms with Crippen molar-refractivity contribution in [3.8, 4) is 0 Å². The van der Waals surface area contributed by atoms with E-state index in [0.717, 1.165) is 6.42 Å². The lowest BCUT2D eigenvalue weighted by Gasteiger charge is -2.11. The van der Waals surface area contributed by atoms with Crippen molar-refractivity contribution in [3.05, 3.63) is 12.2 Å². The van der Waals surface area contributed by atoms with Crippen molar-refractivity contribution in [1.29, 1.82) is 0 Å². The fourth-order valence-corrected chi connectivity index (χ4v) is 1.61. The fraction of sp³-hybridized carbons (Fsp3) is 0.667. The SMILES string of the molecule is C=C(C)C(=O)OCCC(Cl)[SiH](C)C. The van der Waals surface area contributed by atoms with Crippen LogP contribution in [0.4, 0.5) is 0 Å². The monoisotopic (exact) mass is 220 g/mol. The van der Waals surface area contributed by atoms with E-state index in [1.807, 2.05) is 0 Å². The Labute approximate surface area is 86.5 Å². The molecule has 0 saturated heterocycles. The summed E-state index contributed by atoms with van der Waals surface area (Å²) in [6, 6.07) is 0. The number of hydrogen-bond donors (Lipinski definition) is 0. The molecule has 1 atom stereocenters. The Morgan fingerprint density at radius 2 is 2.15 bits per heavy atom. The lowest BCUT2D eigenvalue weighted by atomic mass is 10.4. The molecule has 76 valence electrons.